The third-order valence-corrected chi connectivity index (χ3v) is 3.67. The molecular formula is C15H19N3O2. The molecule has 0 unspecified atom stereocenters. The minimum absolute atomic E-state index is 0.0872. The van der Waals surface area contributed by atoms with E-state index in [9.17, 15) is 10.1 Å². The van der Waals surface area contributed by atoms with Gasteiger partial charge in [-0.3, -0.25) is 15.5 Å². The van der Waals surface area contributed by atoms with Crippen LogP contribution in [0.15, 0.2) is 41.0 Å². The Hall–Kier alpha value is -2.17. The van der Waals surface area contributed by atoms with Crippen LogP contribution in [0.1, 0.15) is 33.1 Å². The number of hydrogen-bond acceptors (Lipinski definition) is 4. The molecule has 2 rings (SSSR count). The number of non-ortho nitro benzene ring substituents is 1. The first kappa shape index (κ1) is 14.2. The fourth-order valence-corrected chi connectivity index (χ4v) is 2.25. The molecule has 0 radical (unpaired) electrons. The molecular weight excluding hydrogens is 254 g/mol. The zero-order valence-electron chi connectivity index (χ0n) is 11.8. The van der Waals surface area contributed by atoms with E-state index in [1.807, 2.05) is 6.92 Å². The summed E-state index contributed by atoms with van der Waals surface area (Å²) in [4.78, 5) is 10.2. The van der Waals surface area contributed by atoms with Crippen LogP contribution in [0.25, 0.3) is 0 Å². The lowest BCUT2D eigenvalue weighted by Crippen LogP contribution is -2.15. The summed E-state index contributed by atoms with van der Waals surface area (Å²) in [7, 11) is 0. The number of nitrogens with one attached hydrogen (secondary N) is 1. The summed E-state index contributed by atoms with van der Waals surface area (Å²) < 4.78 is 0. The van der Waals surface area contributed by atoms with E-state index < -0.39 is 4.92 Å². The van der Waals surface area contributed by atoms with Crippen LogP contribution < -0.4 is 5.43 Å². The number of rotatable bonds is 4. The highest BCUT2D eigenvalue weighted by atomic mass is 16.6. The molecule has 0 aromatic heterocycles. The summed E-state index contributed by atoms with van der Waals surface area (Å²) >= 11 is 0. The second kappa shape index (κ2) is 6.32. The maximum atomic E-state index is 10.6. The Morgan fingerprint density at radius 2 is 2.10 bits per heavy atom. The van der Waals surface area contributed by atoms with E-state index in [0.29, 0.717) is 5.92 Å². The van der Waals surface area contributed by atoms with Gasteiger partial charge in [0.2, 0.25) is 0 Å². The van der Waals surface area contributed by atoms with E-state index in [-0.39, 0.29) is 5.69 Å². The van der Waals surface area contributed by atoms with Gasteiger partial charge >= 0.3 is 0 Å². The van der Waals surface area contributed by atoms with E-state index in [1.54, 1.807) is 12.1 Å². The van der Waals surface area contributed by atoms with Crippen LogP contribution in [-0.2, 0) is 0 Å². The van der Waals surface area contributed by atoms with E-state index in [2.05, 4.69) is 23.5 Å². The van der Waals surface area contributed by atoms with Gasteiger partial charge in [0.1, 0.15) is 0 Å². The predicted octanol–water partition coefficient (Wildman–Crippen LogP) is 4.13. The van der Waals surface area contributed by atoms with Crippen molar-refractivity contribution >= 4 is 17.1 Å². The first-order chi connectivity index (χ1) is 9.56. The Balaban J connectivity index is 1.96. The molecule has 0 spiro atoms. The molecule has 0 bridgehead atoms. The van der Waals surface area contributed by atoms with Crippen molar-refractivity contribution in [2.45, 2.75) is 33.1 Å². The Kier molecular flexibility index (Phi) is 4.50. The van der Waals surface area contributed by atoms with Crippen molar-refractivity contribution in [3.8, 4) is 0 Å². The molecule has 0 aliphatic heterocycles. The highest BCUT2D eigenvalue weighted by Crippen LogP contribution is 2.24. The molecule has 5 heteroatoms. The molecule has 1 aromatic rings. The summed E-state index contributed by atoms with van der Waals surface area (Å²) in [6.07, 6.45) is 5.59. The number of hydrazone groups is 1. The second-order valence-electron chi connectivity index (χ2n) is 5.19. The Morgan fingerprint density at radius 3 is 2.65 bits per heavy atom. The van der Waals surface area contributed by atoms with Crippen molar-refractivity contribution in [2.24, 2.45) is 11.0 Å². The second-order valence-corrected chi connectivity index (χ2v) is 5.19. The lowest BCUT2D eigenvalue weighted by atomic mass is 9.87. The number of anilines is 1. The van der Waals surface area contributed by atoms with Gasteiger partial charge in [-0.15, -0.1) is 0 Å². The van der Waals surface area contributed by atoms with E-state index in [1.165, 1.54) is 17.7 Å². The number of nitro benzene ring substituents is 1. The van der Waals surface area contributed by atoms with Gasteiger partial charge in [0, 0.05) is 23.8 Å². The Morgan fingerprint density at radius 1 is 1.40 bits per heavy atom. The lowest BCUT2D eigenvalue weighted by molar-refractivity contribution is -0.384. The molecule has 106 valence electrons. The van der Waals surface area contributed by atoms with Crippen molar-refractivity contribution in [1.82, 2.24) is 0 Å². The van der Waals surface area contributed by atoms with Crippen LogP contribution >= 0.6 is 0 Å². The SMILES string of the molecule is CC1=CC[C@@H](C(C)=NNc2ccc([N+](=O)[O-])cc2)CC1. The van der Waals surface area contributed by atoms with Gasteiger partial charge in [-0.05, 0) is 45.2 Å². The highest BCUT2D eigenvalue weighted by Gasteiger charge is 2.15. The van der Waals surface area contributed by atoms with Gasteiger partial charge in [0.05, 0.1) is 10.6 Å². The summed E-state index contributed by atoms with van der Waals surface area (Å²) in [5.41, 5.74) is 6.34. The van der Waals surface area contributed by atoms with Crippen LogP contribution in [0.4, 0.5) is 11.4 Å². The zero-order chi connectivity index (χ0) is 14.5. The molecule has 0 saturated heterocycles. The molecule has 1 atom stereocenters. The number of benzene rings is 1. The van der Waals surface area contributed by atoms with Gasteiger partial charge in [0.15, 0.2) is 0 Å². The molecule has 0 saturated carbocycles. The topological polar surface area (TPSA) is 67.5 Å². The standard InChI is InChI=1S/C15H19N3O2/c1-11-3-5-13(6-4-11)12(2)16-17-14-7-9-15(10-8-14)18(19)20/h3,7-10,13,17H,4-6H2,1-2H3/t13-/m1/s1. The molecule has 0 amide bonds. The zero-order valence-corrected chi connectivity index (χ0v) is 11.8. The molecule has 1 aliphatic rings. The summed E-state index contributed by atoms with van der Waals surface area (Å²) in [5, 5.41) is 14.9. The minimum Gasteiger partial charge on any atom is -0.279 e. The van der Waals surface area contributed by atoms with Crippen LogP contribution in [0.5, 0.6) is 0 Å². The summed E-state index contributed by atoms with van der Waals surface area (Å²) in [5.74, 6) is 0.490. The third-order valence-electron chi connectivity index (χ3n) is 3.67. The van der Waals surface area contributed by atoms with Crippen LogP contribution in [-0.4, -0.2) is 10.6 Å². The van der Waals surface area contributed by atoms with Crippen molar-refractivity contribution in [3.05, 3.63) is 46.0 Å². The van der Waals surface area contributed by atoms with Gasteiger partial charge in [0.25, 0.3) is 5.69 Å². The number of hydrogen-bond donors (Lipinski definition) is 1. The summed E-state index contributed by atoms with van der Waals surface area (Å²) in [6, 6.07) is 6.28. The number of allylic oxidation sites excluding steroid dienone is 2. The molecule has 1 aromatic carbocycles. The smallest absolute Gasteiger partial charge is 0.269 e. The number of nitro groups is 1. The first-order valence-corrected chi connectivity index (χ1v) is 6.76. The monoisotopic (exact) mass is 273 g/mol. The fraction of sp³-hybridized carbons (Fsp3) is 0.400. The summed E-state index contributed by atoms with van der Waals surface area (Å²) in [6.45, 7) is 4.19. The molecule has 1 aliphatic carbocycles. The van der Waals surface area contributed by atoms with Crippen LogP contribution in [0.2, 0.25) is 0 Å². The minimum atomic E-state index is -0.408. The van der Waals surface area contributed by atoms with Crippen molar-refractivity contribution in [3.63, 3.8) is 0 Å². The molecule has 1 N–H and O–H groups in total. The van der Waals surface area contributed by atoms with E-state index in [0.717, 1.165) is 30.7 Å². The maximum Gasteiger partial charge on any atom is 0.269 e. The van der Waals surface area contributed by atoms with Gasteiger partial charge in [-0.2, -0.15) is 5.10 Å². The largest absolute Gasteiger partial charge is 0.279 e. The maximum absolute atomic E-state index is 10.6. The van der Waals surface area contributed by atoms with Gasteiger partial charge < -0.3 is 0 Å². The van der Waals surface area contributed by atoms with Crippen molar-refractivity contribution in [1.29, 1.82) is 0 Å². The average molecular weight is 273 g/mol. The fourth-order valence-electron chi connectivity index (χ4n) is 2.25. The average Bonchev–Trinajstić information content (AvgIpc) is 2.46. The predicted molar refractivity (Wildman–Crippen MR) is 80.9 cm³/mol. The van der Waals surface area contributed by atoms with Crippen LogP contribution in [0.3, 0.4) is 0 Å². The quantitative estimate of drug-likeness (QED) is 0.388. The molecule has 0 fully saturated rings. The van der Waals surface area contributed by atoms with Crippen molar-refractivity contribution < 1.29 is 4.92 Å². The van der Waals surface area contributed by atoms with Gasteiger partial charge in [-0.1, -0.05) is 11.6 Å². The molecule has 20 heavy (non-hydrogen) atoms. The van der Waals surface area contributed by atoms with E-state index in [4.69, 9.17) is 0 Å². The normalized spacial score (nSPS) is 19.4. The van der Waals surface area contributed by atoms with Crippen LogP contribution in [0, 0.1) is 16.0 Å². The number of nitrogens with zero attached hydrogens (tertiary/aromatic N) is 2. The molecule has 5 nitrogen and oxygen atoms in total. The van der Waals surface area contributed by atoms with Crippen molar-refractivity contribution in [2.75, 3.05) is 5.43 Å². The van der Waals surface area contributed by atoms with Gasteiger partial charge in [-0.25, -0.2) is 0 Å². The third kappa shape index (κ3) is 3.66. The first-order valence-electron chi connectivity index (χ1n) is 6.76. The highest BCUT2D eigenvalue weighted by molar-refractivity contribution is 5.85. The van der Waals surface area contributed by atoms with E-state index >= 15 is 0 Å². The Labute approximate surface area is 118 Å². The molecule has 0 heterocycles. The lowest BCUT2D eigenvalue weighted by Gasteiger charge is -2.20. The Bertz CT molecular complexity index is 547.